The highest BCUT2D eigenvalue weighted by molar-refractivity contribution is 6.00. The van der Waals surface area contributed by atoms with Crippen LogP contribution in [0.25, 0.3) is 10.8 Å². The Morgan fingerprint density at radius 3 is 2.22 bits per heavy atom. The number of carbonyl (C=O) groups is 2. The highest BCUT2D eigenvalue weighted by atomic mass is 19.4. The van der Waals surface area contributed by atoms with Gasteiger partial charge < -0.3 is 14.4 Å². The van der Waals surface area contributed by atoms with Crippen LogP contribution >= 0.6 is 0 Å². The molecule has 1 aliphatic carbocycles. The second kappa shape index (κ2) is 10.2. The fraction of sp³-hybridized carbons (Fsp3) is 0.586. The van der Waals surface area contributed by atoms with Crippen LogP contribution in [-0.4, -0.2) is 42.1 Å². The lowest BCUT2D eigenvalue weighted by atomic mass is 9.78. The highest BCUT2D eigenvalue weighted by Crippen LogP contribution is 2.44. The number of methoxy groups -OCH3 is 1. The minimum absolute atomic E-state index is 0.0189. The second-order valence-corrected chi connectivity index (χ2v) is 11.0. The van der Waals surface area contributed by atoms with E-state index in [1.165, 1.54) is 19.2 Å². The van der Waals surface area contributed by atoms with Gasteiger partial charge in [-0.3, -0.25) is 9.59 Å². The Morgan fingerprint density at radius 2 is 1.59 bits per heavy atom. The molecule has 3 fully saturated rings. The number of amides is 1. The van der Waals surface area contributed by atoms with Crippen LogP contribution in [0.5, 0.6) is 5.75 Å². The van der Waals surface area contributed by atoms with Crippen molar-refractivity contribution in [2.24, 2.45) is 11.8 Å². The third-order valence-corrected chi connectivity index (χ3v) is 8.51. The van der Waals surface area contributed by atoms with E-state index in [0.29, 0.717) is 24.1 Å². The average Bonchev–Trinajstić information content (AvgIpc) is 2.87. The van der Waals surface area contributed by atoms with Crippen LogP contribution in [-0.2, 0) is 15.7 Å². The Labute approximate surface area is 215 Å². The summed E-state index contributed by atoms with van der Waals surface area (Å²) in [6, 6.07) is 7.37. The van der Waals surface area contributed by atoms with Crippen molar-refractivity contribution in [2.45, 2.75) is 89.1 Å². The predicted molar refractivity (Wildman–Crippen MR) is 133 cm³/mol. The average molecular weight is 518 g/mol. The number of rotatable bonds is 4. The number of carbonyl (C=O) groups excluding carboxylic acids is 2. The molecular formula is C29H34F3NO4. The van der Waals surface area contributed by atoms with Gasteiger partial charge in [-0.15, -0.1) is 0 Å². The van der Waals surface area contributed by atoms with Crippen LogP contribution < -0.4 is 4.74 Å². The molecule has 200 valence electrons. The molecule has 2 aromatic rings. The van der Waals surface area contributed by atoms with Crippen molar-refractivity contribution in [2.75, 3.05) is 7.11 Å². The van der Waals surface area contributed by atoms with Crippen LogP contribution in [0.2, 0.25) is 0 Å². The van der Waals surface area contributed by atoms with Gasteiger partial charge in [-0.25, -0.2) is 0 Å². The number of hydrogen-bond donors (Lipinski definition) is 0. The highest BCUT2D eigenvalue weighted by Gasteiger charge is 2.44. The zero-order valence-electron chi connectivity index (χ0n) is 21.4. The van der Waals surface area contributed by atoms with Gasteiger partial charge in [0.15, 0.2) is 0 Å². The summed E-state index contributed by atoms with van der Waals surface area (Å²) in [7, 11) is 1.37. The fourth-order valence-electron chi connectivity index (χ4n) is 6.57. The standard InChI is InChI=1S/C29H34F3NO4/c1-17-6-11-23(12-7-17)37-25-13-10-18-8-9-19(16-24(18)26(25)29(30,31)32)27(34)33-21-4-3-5-22(33)15-20(14-21)28(35)36-2/h8-10,13,16-17,20-23H,3-7,11-12,14-15H2,1-2H3/t17-,20?,21?,22?,23+. The molecule has 0 N–H and O–H groups in total. The maximum Gasteiger partial charge on any atom is 0.420 e. The predicted octanol–water partition coefficient (Wildman–Crippen LogP) is 6.76. The van der Waals surface area contributed by atoms with Crippen molar-refractivity contribution in [3.05, 3.63) is 41.5 Å². The molecule has 0 aromatic heterocycles. The molecular weight excluding hydrogens is 483 g/mol. The summed E-state index contributed by atoms with van der Waals surface area (Å²) < 4.78 is 54.1. The molecule has 0 radical (unpaired) electrons. The van der Waals surface area contributed by atoms with Gasteiger partial charge in [0.25, 0.3) is 5.91 Å². The summed E-state index contributed by atoms with van der Waals surface area (Å²) in [6.07, 6.45) is 2.03. The molecule has 2 atom stereocenters. The lowest BCUT2D eigenvalue weighted by molar-refractivity contribution is -0.149. The molecule has 2 unspecified atom stereocenters. The molecule has 5 nitrogen and oxygen atoms in total. The van der Waals surface area contributed by atoms with Gasteiger partial charge in [0.1, 0.15) is 11.3 Å². The Balaban J connectivity index is 1.47. The van der Waals surface area contributed by atoms with Gasteiger partial charge in [0, 0.05) is 17.6 Å². The Hall–Kier alpha value is -2.77. The van der Waals surface area contributed by atoms with Crippen molar-refractivity contribution in [3.63, 3.8) is 0 Å². The topological polar surface area (TPSA) is 55.8 Å². The number of esters is 1. The van der Waals surface area contributed by atoms with E-state index in [1.807, 2.05) is 0 Å². The molecule has 2 heterocycles. The maximum absolute atomic E-state index is 14.4. The van der Waals surface area contributed by atoms with Gasteiger partial charge in [-0.05, 0) is 92.7 Å². The van der Waals surface area contributed by atoms with Crippen molar-refractivity contribution in [1.29, 1.82) is 0 Å². The van der Waals surface area contributed by atoms with E-state index in [4.69, 9.17) is 9.47 Å². The number of fused-ring (bicyclic) bond motifs is 3. The van der Waals surface area contributed by atoms with E-state index in [-0.39, 0.29) is 52.7 Å². The summed E-state index contributed by atoms with van der Waals surface area (Å²) in [5, 5.41) is 0.396. The van der Waals surface area contributed by atoms with E-state index in [0.717, 1.165) is 44.9 Å². The number of nitrogens with zero attached hydrogens (tertiary/aromatic N) is 1. The first kappa shape index (κ1) is 25.9. The first-order valence-electron chi connectivity index (χ1n) is 13.4. The summed E-state index contributed by atoms with van der Waals surface area (Å²) in [6.45, 7) is 2.15. The fourth-order valence-corrected chi connectivity index (χ4v) is 6.57. The molecule has 2 bridgehead atoms. The van der Waals surface area contributed by atoms with Crippen LogP contribution in [0.4, 0.5) is 13.2 Å². The van der Waals surface area contributed by atoms with E-state index in [2.05, 4.69) is 6.92 Å². The molecule has 2 aromatic carbocycles. The van der Waals surface area contributed by atoms with Gasteiger partial charge in [-0.1, -0.05) is 19.1 Å². The number of alkyl halides is 3. The molecule has 0 spiro atoms. The van der Waals surface area contributed by atoms with E-state index in [9.17, 15) is 22.8 Å². The Kier molecular flexibility index (Phi) is 7.12. The number of ether oxygens (including phenoxy) is 2. The molecule has 37 heavy (non-hydrogen) atoms. The summed E-state index contributed by atoms with van der Waals surface area (Å²) in [4.78, 5) is 27.7. The third-order valence-electron chi connectivity index (χ3n) is 8.51. The van der Waals surface area contributed by atoms with Crippen LogP contribution in [0.1, 0.15) is 80.6 Å². The summed E-state index contributed by atoms with van der Waals surface area (Å²) >= 11 is 0. The minimum atomic E-state index is -4.63. The van der Waals surface area contributed by atoms with E-state index in [1.54, 1.807) is 23.1 Å². The van der Waals surface area contributed by atoms with Gasteiger partial charge >= 0.3 is 12.1 Å². The first-order chi connectivity index (χ1) is 17.7. The maximum atomic E-state index is 14.4. The van der Waals surface area contributed by atoms with Crippen molar-refractivity contribution in [1.82, 2.24) is 4.90 Å². The molecule has 5 rings (SSSR count). The first-order valence-corrected chi connectivity index (χ1v) is 13.4. The summed E-state index contributed by atoms with van der Waals surface area (Å²) in [5.74, 6) is -0.394. The van der Waals surface area contributed by atoms with Crippen molar-refractivity contribution >= 4 is 22.6 Å². The third kappa shape index (κ3) is 5.16. The lowest BCUT2D eigenvalue weighted by Crippen LogP contribution is -2.55. The van der Waals surface area contributed by atoms with Crippen LogP contribution in [0.3, 0.4) is 0 Å². The second-order valence-electron chi connectivity index (χ2n) is 11.0. The van der Waals surface area contributed by atoms with Crippen LogP contribution in [0.15, 0.2) is 30.3 Å². The number of benzene rings is 2. The molecule has 1 saturated carbocycles. The number of hydrogen-bond acceptors (Lipinski definition) is 4. The van der Waals surface area contributed by atoms with Crippen LogP contribution in [0, 0.1) is 11.8 Å². The molecule has 8 heteroatoms. The van der Waals surface area contributed by atoms with Crippen molar-refractivity contribution in [3.8, 4) is 5.75 Å². The quantitative estimate of drug-likeness (QED) is 0.421. The van der Waals surface area contributed by atoms with Gasteiger partial charge in [0.2, 0.25) is 0 Å². The molecule has 3 aliphatic rings. The Bertz CT molecular complexity index is 1160. The molecule has 2 aliphatic heterocycles. The van der Waals surface area contributed by atoms with Gasteiger partial charge in [-0.2, -0.15) is 13.2 Å². The summed E-state index contributed by atoms with van der Waals surface area (Å²) in [5.41, 5.74) is -0.585. The normalized spacial score (nSPS) is 28.1. The molecule has 1 amide bonds. The molecule has 2 saturated heterocycles. The Morgan fingerprint density at radius 1 is 0.946 bits per heavy atom. The van der Waals surface area contributed by atoms with Crippen molar-refractivity contribution < 1.29 is 32.2 Å². The zero-order chi connectivity index (χ0) is 26.3. The zero-order valence-corrected chi connectivity index (χ0v) is 21.4. The SMILES string of the molecule is COC(=O)C1CC2CCCC(C1)N2C(=O)c1ccc2ccc(O[C@H]3CC[C@@H](C)CC3)c(C(F)(F)F)c2c1. The van der Waals surface area contributed by atoms with E-state index < -0.39 is 11.7 Å². The van der Waals surface area contributed by atoms with Gasteiger partial charge in [0.05, 0.1) is 19.1 Å². The van der Waals surface area contributed by atoms with E-state index >= 15 is 0 Å². The largest absolute Gasteiger partial charge is 0.490 e. The monoisotopic (exact) mass is 517 g/mol. The number of piperidine rings is 2. The minimum Gasteiger partial charge on any atom is -0.490 e. The lowest BCUT2D eigenvalue weighted by Gasteiger charge is -2.48. The number of halogens is 3. The smallest absolute Gasteiger partial charge is 0.420 e.